The summed E-state index contributed by atoms with van der Waals surface area (Å²) in [5.74, 6) is 1.67. The molecule has 1 N–H and O–H groups in total. The highest BCUT2D eigenvalue weighted by Crippen LogP contribution is 2.21. The molecule has 2 heteroatoms. The maximum absolute atomic E-state index is 5.92. The Morgan fingerprint density at radius 1 is 1.22 bits per heavy atom. The second-order valence-electron chi connectivity index (χ2n) is 4.95. The van der Waals surface area contributed by atoms with Crippen LogP contribution < -0.4 is 4.74 Å². The lowest BCUT2D eigenvalue weighted by molar-refractivity contribution is 0.233. The minimum absolute atomic E-state index is 0.687. The van der Waals surface area contributed by atoms with Crippen molar-refractivity contribution in [1.82, 2.24) is 4.98 Å². The van der Waals surface area contributed by atoms with E-state index >= 15 is 0 Å². The summed E-state index contributed by atoms with van der Waals surface area (Å²) in [6.07, 6.45) is 7.01. The Bertz CT molecular complexity index is 475. The van der Waals surface area contributed by atoms with Crippen LogP contribution >= 0.6 is 0 Å². The Morgan fingerprint density at radius 3 is 2.89 bits per heavy atom. The molecule has 0 saturated heterocycles. The lowest BCUT2D eigenvalue weighted by Gasteiger charge is -2.15. The molecule has 1 aromatic heterocycles. The quantitative estimate of drug-likeness (QED) is 0.747. The molecule has 0 aliphatic heterocycles. The number of hydrogen-bond acceptors (Lipinski definition) is 1. The van der Waals surface area contributed by atoms with Gasteiger partial charge in [0.1, 0.15) is 5.75 Å². The minimum Gasteiger partial charge on any atom is -0.493 e. The Hall–Kier alpha value is -1.44. The fraction of sp³-hybridized carbons (Fsp3) is 0.500. The maximum Gasteiger partial charge on any atom is 0.120 e. The predicted octanol–water partition coefficient (Wildman–Crippen LogP) is 4.76. The zero-order chi connectivity index (χ0) is 12.8. The van der Waals surface area contributed by atoms with Crippen LogP contribution in [0.1, 0.15) is 39.5 Å². The van der Waals surface area contributed by atoms with Gasteiger partial charge < -0.3 is 9.72 Å². The molecular formula is C16H23NO. The van der Waals surface area contributed by atoms with Crippen molar-refractivity contribution in [2.75, 3.05) is 6.61 Å². The number of aromatic amines is 1. The second-order valence-corrected chi connectivity index (χ2v) is 4.95. The second kappa shape index (κ2) is 6.48. The lowest BCUT2D eigenvalue weighted by Crippen LogP contribution is -2.11. The standard InChI is InChI=1S/C16H23NO/c1-3-5-6-13(4-2)12-18-15-7-8-16-14(11-15)9-10-17-16/h7-11,13,17H,3-6,12H2,1-2H3. The molecule has 98 valence electrons. The van der Waals surface area contributed by atoms with Crippen LogP contribution in [0.3, 0.4) is 0 Å². The SMILES string of the molecule is CCCCC(CC)COc1ccc2[nH]ccc2c1. The van der Waals surface area contributed by atoms with Gasteiger partial charge in [0.15, 0.2) is 0 Å². The molecule has 18 heavy (non-hydrogen) atoms. The molecule has 1 aromatic carbocycles. The van der Waals surface area contributed by atoms with Gasteiger partial charge in [0.05, 0.1) is 6.61 Å². The van der Waals surface area contributed by atoms with Gasteiger partial charge >= 0.3 is 0 Å². The van der Waals surface area contributed by atoms with Crippen molar-refractivity contribution in [2.45, 2.75) is 39.5 Å². The van der Waals surface area contributed by atoms with Gasteiger partial charge in [0, 0.05) is 17.1 Å². The Morgan fingerprint density at radius 2 is 2.11 bits per heavy atom. The first-order valence-electron chi connectivity index (χ1n) is 7.03. The Kier molecular flexibility index (Phi) is 4.68. The number of benzene rings is 1. The number of ether oxygens (including phenoxy) is 1. The molecule has 0 spiro atoms. The van der Waals surface area contributed by atoms with E-state index in [-0.39, 0.29) is 0 Å². The van der Waals surface area contributed by atoms with Crippen molar-refractivity contribution in [1.29, 1.82) is 0 Å². The van der Waals surface area contributed by atoms with Crippen molar-refractivity contribution >= 4 is 10.9 Å². The van der Waals surface area contributed by atoms with Gasteiger partial charge in [-0.25, -0.2) is 0 Å². The van der Waals surface area contributed by atoms with Crippen molar-refractivity contribution < 1.29 is 4.74 Å². The first kappa shape index (κ1) is 13.0. The minimum atomic E-state index is 0.687. The third kappa shape index (κ3) is 3.28. The molecule has 1 heterocycles. The Balaban J connectivity index is 1.91. The summed E-state index contributed by atoms with van der Waals surface area (Å²) in [4.78, 5) is 3.20. The van der Waals surface area contributed by atoms with E-state index < -0.39 is 0 Å². The molecule has 2 rings (SSSR count). The first-order chi connectivity index (χ1) is 8.83. The van der Waals surface area contributed by atoms with E-state index in [0.29, 0.717) is 5.92 Å². The molecule has 0 radical (unpaired) electrons. The number of aromatic nitrogens is 1. The summed E-state index contributed by atoms with van der Waals surface area (Å²) < 4.78 is 5.92. The van der Waals surface area contributed by atoms with Crippen LogP contribution in [0.15, 0.2) is 30.5 Å². The monoisotopic (exact) mass is 245 g/mol. The average Bonchev–Trinajstić information content (AvgIpc) is 2.86. The molecule has 0 aliphatic carbocycles. The largest absolute Gasteiger partial charge is 0.493 e. The van der Waals surface area contributed by atoms with Gasteiger partial charge in [0.25, 0.3) is 0 Å². The van der Waals surface area contributed by atoms with E-state index in [2.05, 4.69) is 37.0 Å². The number of fused-ring (bicyclic) bond motifs is 1. The van der Waals surface area contributed by atoms with E-state index in [1.54, 1.807) is 0 Å². The molecule has 0 amide bonds. The highest BCUT2D eigenvalue weighted by molar-refractivity contribution is 5.80. The summed E-state index contributed by atoms with van der Waals surface area (Å²) in [6, 6.07) is 8.32. The van der Waals surface area contributed by atoms with Gasteiger partial charge in [-0.05, 0) is 36.6 Å². The highest BCUT2D eigenvalue weighted by atomic mass is 16.5. The van der Waals surface area contributed by atoms with Gasteiger partial charge in [-0.2, -0.15) is 0 Å². The van der Waals surface area contributed by atoms with E-state index in [1.807, 2.05) is 12.3 Å². The molecule has 1 unspecified atom stereocenters. The number of rotatable bonds is 7. The van der Waals surface area contributed by atoms with Crippen molar-refractivity contribution in [3.63, 3.8) is 0 Å². The van der Waals surface area contributed by atoms with E-state index in [9.17, 15) is 0 Å². The Labute approximate surface area is 109 Å². The third-order valence-electron chi connectivity index (χ3n) is 3.55. The zero-order valence-electron chi connectivity index (χ0n) is 11.4. The van der Waals surface area contributed by atoms with Gasteiger partial charge in [0.2, 0.25) is 0 Å². The lowest BCUT2D eigenvalue weighted by atomic mass is 10.0. The zero-order valence-corrected chi connectivity index (χ0v) is 11.4. The average molecular weight is 245 g/mol. The molecule has 0 bridgehead atoms. The van der Waals surface area contributed by atoms with Gasteiger partial charge in [-0.3, -0.25) is 0 Å². The number of nitrogens with one attached hydrogen (secondary N) is 1. The number of unbranched alkanes of at least 4 members (excludes halogenated alkanes) is 1. The summed E-state index contributed by atoms with van der Waals surface area (Å²) in [5.41, 5.74) is 1.17. The normalized spacial score (nSPS) is 12.8. The fourth-order valence-electron chi connectivity index (χ4n) is 2.23. The number of hydrogen-bond donors (Lipinski definition) is 1. The van der Waals surface area contributed by atoms with Crippen LogP contribution in [-0.2, 0) is 0 Å². The molecule has 2 nitrogen and oxygen atoms in total. The van der Waals surface area contributed by atoms with Crippen LogP contribution in [0, 0.1) is 5.92 Å². The van der Waals surface area contributed by atoms with Crippen LogP contribution in [0.5, 0.6) is 5.75 Å². The van der Waals surface area contributed by atoms with Crippen LogP contribution in [0.25, 0.3) is 10.9 Å². The van der Waals surface area contributed by atoms with Gasteiger partial charge in [-0.1, -0.05) is 33.1 Å². The predicted molar refractivity (Wildman–Crippen MR) is 77.1 cm³/mol. The van der Waals surface area contributed by atoms with Crippen LogP contribution in [-0.4, -0.2) is 11.6 Å². The van der Waals surface area contributed by atoms with Crippen LogP contribution in [0.2, 0.25) is 0 Å². The van der Waals surface area contributed by atoms with Crippen LogP contribution in [0.4, 0.5) is 0 Å². The van der Waals surface area contributed by atoms with Gasteiger partial charge in [-0.15, -0.1) is 0 Å². The summed E-state index contributed by atoms with van der Waals surface area (Å²) in [7, 11) is 0. The van der Waals surface area contributed by atoms with E-state index in [4.69, 9.17) is 4.74 Å². The first-order valence-corrected chi connectivity index (χ1v) is 7.03. The summed E-state index contributed by atoms with van der Waals surface area (Å²) >= 11 is 0. The summed E-state index contributed by atoms with van der Waals surface area (Å²) in [6.45, 7) is 5.33. The maximum atomic E-state index is 5.92. The molecular weight excluding hydrogens is 222 g/mol. The fourth-order valence-corrected chi connectivity index (χ4v) is 2.23. The number of H-pyrrole nitrogens is 1. The topological polar surface area (TPSA) is 25.0 Å². The molecule has 0 aliphatic rings. The molecule has 0 fully saturated rings. The highest BCUT2D eigenvalue weighted by Gasteiger charge is 2.07. The summed E-state index contributed by atoms with van der Waals surface area (Å²) in [5, 5.41) is 1.22. The molecule has 1 atom stereocenters. The smallest absolute Gasteiger partial charge is 0.120 e. The van der Waals surface area contributed by atoms with Crippen molar-refractivity contribution in [3.8, 4) is 5.75 Å². The third-order valence-corrected chi connectivity index (χ3v) is 3.55. The van der Waals surface area contributed by atoms with Crippen molar-refractivity contribution in [3.05, 3.63) is 30.5 Å². The molecule has 2 aromatic rings. The van der Waals surface area contributed by atoms with E-state index in [1.165, 1.54) is 36.6 Å². The van der Waals surface area contributed by atoms with Crippen molar-refractivity contribution in [2.24, 2.45) is 5.92 Å². The molecule has 0 saturated carbocycles. The van der Waals surface area contributed by atoms with E-state index in [0.717, 1.165) is 12.4 Å².